The number of nitrogens with zero attached hydrogens (tertiary/aromatic N) is 1. The number of halogens is 1. The molecule has 0 atom stereocenters. The first-order valence-electron chi connectivity index (χ1n) is 7.39. The van der Waals surface area contributed by atoms with Gasteiger partial charge in [0.2, 0.25) is 5.91 Å². The highest BCUT2D eigenvalue weighted by molar-refractivity contribution is 6.30. The van der Waals surface area contributed by atoms with Crippen LogP contribution in [0.25, 0.3) is 0 Å². The molecule has 0 bridgehead atoms. The molecular weight excluding hydrogens is 298 g/mol. The molecule has 1 fully saturated rings. The zero-order valence-corrected chi connectivity index (χ0v) is 12.9. The molecule has 1 amide bonds. The van der Waals surface area contributed by atoms with E-state index in [1.165, 1.54) is 0 Å². The van der Waals surface area contributed by atoms with E-state index in [2.05, 4.69) is 10.3 Å². The van der Waals surface area contributed by atoms with Crippen molar-refractivity contribution >= 4 is 29.0 Å². The first-order chi connectivity index (χ1) is 10.6. The molecule has 0 spiro atoms. The van der Waals surface area contributed by atoms with Crippen molar-refractivity contribution in [2.24, 2.45) is 0 Å². The molecule has 2 aromatic rings. The van der Waals surface area contributed by atoms with Crippen molar-refractivity contribution in [1.29, 1.82) is 0 Å². The summed E-state index contributed by atoms with van der Waals surface area (Å²) >= 11 is 5.97. The lowest BCUT2D eigenvalue weighted by atomic mass is 9.78. The second-order valence-electron chi connectivity index (χ2n) is 5.72. The molecule has 22 heavy (non-hydrogen) atoms. The van der Waals surface area contributed by atoms with Gasteiger partial charge in [-0.3, -0.25) is 4.79 Å². The van der Waals surface area contributed by atoms with Crippen LogP contribution in [0, 0.1) is 0 Å². The maximum absolute atomic E-state index is 12.9. The summed E-state index contributed by atoms with van der Waals surface area (Å²) < 4.78 is 0. The Kier molecular flexibility index (Phi) is 4.03. The van der Waals surface area contributed by atoms with E-state index in [4.69, 9.17) is 17.3 Å². The van der Waals surface area contributed by atoms with Crippen molar-refractivity contribution < 1.29 is 4.79 Å². The number of hydrogen-bond donors (Lipinski definition) is 2. The van der Waals surface area contributed by atoms with Gasteiger partial charge in [-0.1, -0.05) is 36.6 Å². The van der Waals surface area contributed by atoms with Gasteiger partial charge in [-0.15, -0.1) is 0 Å². The van der Waals surface area contributed by atoms with Crippen LogP contribution in [0.5, 0.6) is 0 Å². The van der Waals surface area contributed by atoms with Crippen LogP contribution in [0.3, 0.4) is 0 Å². The molecule has 0 radical (unpaired) electrons. The van der Waals surface area contributed by atoms with E-state index >= 15 is 0 Å². The fraction of sp³-hybridized carbons (Fsp3) is 0.294. The summed E-state index contributed by atoms with van der Waals surface area (Å²) in [7, 11) is 0. The predicted molar refractivity (Wildman–Crippen MR) is 88.9 cm³/mol. The van der Waals surface area contributed by atoms with E-state index in [9.17, 15) is 4.79 Å². The third kappa shape index (κ3) is 2.79. The van der Waals surface area contributed by atoms with Crippen LogP contribution in [0.15, 0.2) is 42.6 Å². The number of aromatic nitrogens is 1. The smallest absolute Gasteiger partial charge is 0.235 e. The molecule has 1 aliphatic rings. The van der Waals surface area contributed by atoms with Crippen molar-refractivity contribution in [2.45, 2.75) is 31.1 Å². The highest BCUT2D eigenvalue weighted by atomic mass is 35.5. The van der Waals surface area contributed by atoms with Gasteiger partial charge in [-0.25, -0.2) is 4.98 Å². The van der Waals surface area contributed by atoms with E-state index in [0.717, 1.165) is 31.2 Å². The van der Waals surface area contributed by atoms with Crippen LogP contribution >= 0.6 is 11.6 Å². The molecule has 1 heterocycles. The molecule has 4 nitrogen and oxygen atoms in total. The standard InChI is InChI=1S/C17H18ClN3O/c18-13-5-3-12(4-6-13)17(9-1-2-10-17)16(22)21-14-7-8-15(19)20-11-14/h3-8,11H,1-2,9-10H2,(H2,19,20)(H,21,22). The minimum absolute atomic E-state index is 0.0129. The fourth-order valence-corrected chi connectivity index (χ4v) is 3.25. The van der Waals surface area contributed by atoms with Gasteiger partial charge in [0.25, 0.3) is 0 Å². The summed E-state index contributed by atoms with van der Waals surface area (Å²) in [6, 6.07) is 11.0. The number of carbonyl (C=O) groups excluding carboxylic acids is 1. The van der Waals surface area contributed by atoms with Gasteiger partial charge in [0, 0.05) is 5.02 Å². The van der Waals surface area contributed by atoms with Crippen LogP contribution < -0.4 is 11.1 Å². The Morgan fingerprint density at radius 2 is 1.82 bits per heavy atom. The van der Waals surface area contributed by atoms with Gasteiger partial charge >= 0.3 is 0 Å². The molecule has 0 unspecified atom stereocenters. The normalized spacial score (nSPS) is 16.4. The summed E-state index contributed by atoms with van der Waals surface area (Å²) in [4.78, 5) is 16.9. The summed E-state index contributed by atoms with van der Waals surface area (Å²) in [5.74, 6) is 0.449. The lowest BCUT2D eigenvalue weighted by Crippen LogP contribution is -2.38. The number of pyridine rings is 1. The molecule has 3 N–H and O–H groups in total. The third-order valence-electron chi connectivity index (χ3n) is 4.33. The molecular formula is C17H18ClN3O. The minimum atomic E-state index is -0.480. The first-order valence-corrected chi connectivity index (χ1v) is 7.77. The van der Waals surface area contributed by atoms with Crippen molar-refractivity contribution in [2.75, 3.05) is 11.1 Å². The summed E-state index contributed by atoms with van der Waals surface area (Å²) in [5.41, 5.74) is 6.78. The van der Waals surface area contributed by atoms with E-state index in [-0.39, 0.29) is 5.91 Å². The third-order valence-corrected chi connectivity index (χ3v) is 4.58. The lowest BCUT2D eigenvalue weighted by molar-refractivity contribution is -0.121. The Bertz CT molecular complexity index is 661. The lowest BCUT2D eigenvalue weighted by Gasteiger charge is -2.28. The van der Waals surface area contributed by atoms with E-state index in [1.807, 2.05) is 24.3 Å². The number of nitrogen functional groups attached to an aromatic ring is 1. The molecule has 1 saturated carbocycles. The summed E-state index contributed by atoms with van der Waals surface area (Å²) in [6.07, 6.45) is 5.38. The van der Waals surface area contributed by atoms with E-state index in [1.54, 1.807) is 18.3 Å². The van der Waals surface area contributed by atoms with Crippen LogP contribution in [-0.2, 0) is 10.2 Å². The number of benzene rings is 1. The Labute approximate surface area is 134 Å². The van der Waals surface area contributed by atoms with Gasteiger partial charge in [0.15, 0.2) is 0 Å². The highest BCUT2D eigenvalue weighted by Crippen LogP contribution is 2.42. The average Bonchev–Trinajstić information content (AvgIpc) is 3.01. The van der Waals surface area contributed by atoms with E-state index < -0.39 is 5.41 Å². The molecule has 0 saturated heterocycles. The molecule has 1 aromatic heterocycles. The van der Waals surface area contributed by atoms with Crippen molar-refractivity contribution in [3.8, 4) is 0 Å². The van der Waals surface area contributed by atoms with Crippen LogP contribution in [-0.4, -0.2) is 10.9 Å². The zero-order valence-electron chi connectivity index (χ0n) is 12.2. The summed E-state index contributed by atoms with van der Waals surface area (Å²) in [5, 5.41) is 3.66. The molecule has 5 heteroatoms. The molecule has 3 rings (SSSR count). The van der Waals surface area contributed by atoms with Gasteiger partial charge in [-0.05, 0) is 42.7 Å². The minimum Gasteiger partial charge on any atom is -0.384 e. The predicted octanol–water partition coefficient (Wildman–Crippen LogP) is 3.77. The monoisotopic (exact) mass is 315 g/mol. The average molecular weight is 316 g/mol. The maximum Gasteiger partial charge on any atom is 0.235 e. The Morgan fingerprint density at radius 3 is 2.41 bits per heavy atom. The Hall–Kier alpha value is -2.07. The van der Waals surface area contributed by atoms with Gasteiger partial charge in [0.05, 0.1) is 17.3 Å². The Balaban J connectivity index is 1.88. The van der Waals surface area contributed by atoms with Gasteiger partial charge < -0.3 is 11.1 Å². The van der Waals surface area contributed by atoms with Crippen molar-refractivity contribution in [1.82, 2.24) is 4.98 Å². The van der Waals surface area contributed by atoms with Crippen LogP contribution in [0.4, 0.5) is 11.5 Å². The highest BCUT2D eigenvalue weighted by Gasteiger charge is 2.42. The largest absolute Gasteiger partial charge is 0.384 e. The second-order valence-corrected chi connectivity index (χ2v) is 6.16. The summed E-state index contributed by atoms with van der Waals surface area (Å²) in [6.45, 7) is 0. The molecule has 114 valence electrons. The van der Waals surface area contributed by atoms with Gasteiger partial charge in [0.1, 0.15) is 5.82 Å². The second kappa shape index (κ2) is 5.97. The fourth-order valence-electron chi connectivity index (χ4n) is 3.12. The maximum atomic E-state index is 12.9. The number of nitrogens with one attached hydrogen (secondary N) is 1. The molecule has 1 aliphatic carbocycles. The number of amides is 1. The number of carbonyl (C=O) groups is 1. The SMILES string of the molecule is Nc1ccc(NC(=O)C2(c3ccc(Cl)cc3)CCCC2)cn1. The van der Waals surface area contributed by atoms with Gasteiger partial charge in [-0.2, -0.15) is 0 Å². The first kappa shape index (κ1) is 14.9. The number of hydrogen-bond acceptors (Lipinski definition) is 3. The number of nitrogens with two attached hydrogens (primary N) is 1. The quantitative estimate of drug-likeness (QED) is 0.906. The van der Waals surface area contributed by atoms with Crippen LogP contribution in [0.2, 0.25) is 5.02 Å². The zero-order chi connectivity index (χ0) is 15.6. The molecule has 1 aromatic carbocycles. The van der Waals surface area contributed by atoms with Crippen molar-refractivity contribution in [3.05, 3.63) is 53.2 Å². The van der Waals surface area contributed by atoms with Crippen molar-refractivity contribution in [3.63, 3.8) is 0 Å². The van der Waals surface area contributed by atoms with Crippen LogP contribution in [0.1, 0.15) is 31.2 Å². The number of rotatable bonds is 3. The van der Waals surface area contributed by atoms with E-state index in [0.29, 0.717) is 16.5 Å². The number of anilines is 2. The Morgan fingerprint density at radius 1 is 1.14 bits per heavy atom. The molecule has 0 aliphatic heterocycles. The topological polar surface area (TPSA) is 68.0 Å².